The Balaban J connectivity index is 2.09. The van der Waals surface area contributed by atoms with Crippen molar-refractivity contribution in [2.24, 2.45) is 5.73 Å². The molecule has 0 aliphatic carbocycles. The second kappa shape index (κ2) is 3.32. The van der Waals surface area contributed by atoms with Crippen LogP contribution in [0.2, 0.25) is 0 Å². The summed E-state index contributed by atoms with van der Waals surface area (Å²) in [5.41, 5.74) is 6.97. The first-order chi connectivity index (χ1) is 6.20. The predicted molar refractivity (Wildman–Crippen MR) is 50.7 cm³/mol. The number of nitrogens with two attached hydrogens (primary N) is 1. The summed E-state index contributed by atoms with van der Waals surface area (Å²) in [6.45, 7) is 3.41. The largest absolute Gasteiger partial charge is 0.379 e. The molecule has 0 spiro atoms. The maximum atomic E-state index is 6.15. The van der Waals surface area contributed by atoms with Crippen LogP contribution in [0.1, 0.15) is 17.0 Å². The molecule has 1 aliphatic rings. The summed E-state index contributed by atoms with van der Waals surface area (Å²) in [5.74, 6) is 0. The summed E-state index contributed by atoms with van der Waals surface area (Å²) < 4.78 is 9.18. The van der Waals surface area contributed by atoms with Crippen LogP contribution in [0.25, 0.3) is 0 Å². The molecular formula is C8H13N3OS. The van der Waals surface area contributed by atoms with Crippen LogP contribution in [0.15, 0.2) is 0 Å². The maximum Gasteiger partial charge on any atom is 0.0757 e. The van der Waals surface area contributed by atoms with Gasteiger partial charge in [0.1, 0.15) is 0 Å². The molecule has 0 radical (unpaired) electrons. The Bertz CT molecular complexity index is 293. The van der Waals surface area contributed by atoms with Gasteiger partial charge in [0, 0.05) is 18.6 Å². The van der Waals surface area contributed by atoms with Crippen LogP contribution in [0.4, 0.5) is 0 Å². The van der Waals surface area contributed by atoms with E-state index < -0.39 is 0 Å². The fraction of sp³-hybridized carbons (Fsp3) is 0.750. The van der Waals surface area contributed by atoms with Gasteiger partial charge in [0.15, 0.2) is 0 Å². The van der Waals surface area contributed by atoms with E-state index in [0.29, 0.717) is 6.61 Å². The fourth-order valence-electron chi connectivity index (χ4n) is 1.50. The molecule has 0 aromatic carbocycles. The summed E-state index contributed by atoms with van der Waals surface area (Å²) in [7, 11) is 0. The number of hydrogen-bond acceptors (Lipinski definition) is 5. The minimum atomic E-state index is -0.182. The van der Waals surface area contributed by atoms with Gasteiger partial charge < -0.3 is 10.5 Å². The molecule has 2 N–H and O–H groups in total. The first-order valence-electron chi connectivity index (χ1n) is 4.34. The van der Waals surface area contributed by atoms with E-state index in [1.165, 1.54) is 16.4 Å². The van der Waals surface area contributed by atoms with Crippen molar-refractivity contribution >= 4 is 11.5 Å². The lowest BCUT2D eigenvalue weighted by Crippen LogP contribution is -2.42. The normalized spacial score (nSPS) is 28.2. The third-order valence-electron chi connectivity index (χ3n) is 2.39. The molecule has 1 aromatic heterocycles. The third-order valence-corrected chi connectivity index (χ3v) is 3.22. The average Bonchev–Trinajstić information content (AvgIpc) is 2.64. The molecule has 1 aromatic rings. The molecule has 2 heterocycles. The zero-order valence-electron chi connectivity index (χ0n) is 7.62. The van der Waals surface area contributed by atoms with Crippen molar-refractivity contribution in [1.29, 1.82) is 0 Å². The third kappa shape index (κ3) is 1.87. The van der Waals surface area contributed by atoms with E-state index in [-0.39, 0.29) is 5.54 Å². The first-order valence-corrected chi connectivity index (χ1v) is 5.11. The van der Waals surface area contributed by atoms with E-state index in [2.05, 4.69) is 9.59 Å². The van der Waals surface area contributed by atoms with E-state index in [1.807, 2.05) is 6.92 Å². The lowest BCUT2D eigenvalue weighted by molar-refractivity contribution is 0.178. The smallest absolute Gasteiger partial charge is 0.0757 e. The zero-order valence-corrected chi connectivity index (χ0v) is 8.43. The predicted octanol–water partition coefficient (Wildman–Crippen LogP) is 0.507. The highest BCUT2D eigenvalue weighted by atomic mass is 32.1. The zero-order chi connectivity index (χ0) is 9.31. The lowest BCUT2D eigenvalue weighted by atomic mass is 9.94. The van der Waals surface area contributed by atoms with Crippen molar-refractivity contribution in [2.75, 3.05) is 13.2 Å². The van der Waals surface area contributed by atoms with Crippen LogP contribution in [0.5, 0.6) is 0 Å². The molecule has 1 unspecified atom stereocenters. The second-order valence-corrected chi connectivity index (χ2v) is 4.46. The van der Waals surface area contributed by atoms with Crippen LogP contribution in [0, 0.1) is 6.92 Å². The molecule has 72 valence electrons. The summed E-state index contributed by atoms with van der Waals surface area (Å²) in [4.78, 5) is 1.19. The molecule has 5 heteroatoms. The maximum absolute atomic E-state index is 6.15. The van der Waals surface area contributed by atoms with Crippen molar-refractivity contribution in [2.45, 2.75) is 25.3 Å². The minimum absolute atomic E-state index is 0.182. The van der Waals surface area contributed by atoms with Gasteiger partial charge in [0.05, 0.1) is 17.2 Å². The molecule has 1 atom stereocenters. The molecule has 0 amide bonds. The molecule has 2 rings (SSSR count). The van der Waals surface area contributed by atoms with Crippen molar-refractivity contribution < 1.29 is 4.74 Å². The molecular weight excluding hydrogens is 186 g/mol. The van der Waals surface area contributed by atoms with E-state index in [0.717, 1.165) is 25.1 Å². The van der Waals surface area contributed by atoms with Gasteiger partial charge in [-0.05, 0) is 24.9 Å². The summed E-state index contributed by atoms with van der Waals surface area (Å²) >= 11 is 1.44. The van der Waals surface area contributed by atoms with Gasteiger partial charge in [-0.15, -0.1) is 5.10 Å². The molecule has 1 saturated heterocycles. The SMILES string of the molecule is Cc1nnsc1CC1(N)CCOC1. The van der Waals surface area contributed by atoms with E-state index >= 15 is 0 Å². The Labute approximate surface area is 81.3 Å². The lowest BCUT2D eigenvalue weighted by Gasteiger charge is -2.20. The number of aryl methyl sites for hydroxylation is 1. The Morgan fingerprint density at radius 1 is 1.69 bits per heavy atom. The Hall–Kier alpha value is -0.520. The number of nitrogens with zero attached hydrogens (tertiary/aromatic N) is 2. The van der Waals surface area contributed by atoms with Gasteiger partial charge in [-0.3, -0.25) is 0 Å². The van der Waals surface area contributed by atoms with Crippen molar-refractivity contribution in [3.63, 3.8) is 0 Å². The minimum Gasteiger partial charge on any atom is -0.379 e. The quantitative estimate of drug-likeness (QED) is 0.753. The number of ether oxygens (including phenoxy) is 1. The molecule has 1 fully saturated rings. The molecule has 0 bridgehead atoms. The Morgan fingerprint density at radius 2 is 2.54 bits per heavy atom. The van der Waals surface area contributed by atoms with Gasteiger partial charge in [-0.2, -0.15) is 0 Å². The summed E-state index contributed by atoms with van der Waals surface area (Å²) in [6.07, 6.45) is 1.78. The van der Waals surface area contributed by atoms with Crippen molar-refractivity contribution in [3.8, 4) is 0 Å². The van der Waals surface area contributed by atoms with Crippen molar-refractivity contribution in [3.05, 3.63) is 10.6 Å². The van der Waals surface area contributed by atoms with Crippen LogP contribution >= 0.6 is 11.5 Å². The first kappa shape index (κ1) is 9.05. The number of rotatable bonds is 2. The Kier molecular flexibility index (Phi) is 2.31. The van der Waals surface area contributed by atoms with E-state index in [9.17, 15) is 0 Å². The van der Waals surface area contributed by atoms with Crippen LogP contribution in [-0.2, 0) is 11.2 Å². The molecule has 0 saturated carbocycles. The highest BCUT2D eigenvalue weighted by molar-refractivity contribution is 7.05. The fourth-order valence-corrected chi connectivity index (χ4v) is 2.28. The van der Waals surface area contributed by atoms with Gasteiger partial charge in [-0.25, -0.2) is 0 Å². The van der Waals surface area contributed by atoms with Crippen LogP contribution < -0.4 is 5.73 Å². The summed E-state index contributed by atoms with van der Waals surface area (Å²) in [6, 6.07) is 0. The van der Waals surface area contributed by atoms with Gasteiger partial charge in [-0.1, -0.05) is 4.49 Å². The van der Waals surface area contributed by atoms with Gasteiger partial charge >= 0.3 is 0 Å². The van der Waals surface area contributed by atoms with E-state index in [4.69, 9.17) is 10.5 Å². The van der Waals surface area contributed by atoms with Gasteiger partial charge in [0.25, 0.3) is 0 Å². The standard InChI is InChI=1S/C8H13N3OS/c1-6-7(13-11-10-6)4-8(9)2-3-12-5-8/h2-5,9H2,1H3. The highest BCUT2D eigenvalue weighted by Crippen LogP contribution is 2.23. The van der Waals surface area contributed by atoms with Crippen LogP contribution in [-0.4, -0.2) is 28.3 Å². The molecule has 1 aliphatic heterocycles. The Morgan fingerprint density at radius 3 is 3.08 bits per heavy atom. The monoisotopic (exact) mass is 199 g/mol. The summed E-state index contributed by atoms with van der Waals surface area (Å²) in [5, 5.41) is 3.96. The molecule has 4 nitrogen and oxygen atoms in total. The average molecular weight is 199 g/mol. The highest BCUT2D eigenvalue weighted by Gasteiger charge is 2.31. The van der Waals surface area contributed by atoms with E-state index in [1.54, 1.807) is 0 Å². The number of aromatic nitrogens is 2. The van der Waals surface area contributed by atoms with Gasteiger partial charge in [0.2, 0.25) is 0 Å². The molecule has 13 heavy (non-hydrogen) atoms. The van der Waals surface area contributed by atoms with Crippen molar-refractivity contribution in [1.82, 2.24) is 9.59 Å². The van der Waals surface area contributed by atoms with Crippen LogP contribution in [0.3, 0.4) is 0 Å². The topological polar surface area (TPSA) is 61.0 Å². The number of hydrogen-bond donors (Lipinski definition) is 1. The second-order valence-electron chi connectivity index (χ2n) is 3.62.